The molecule has 3 rings (SSSR count). The van der Waals surface area contributed by atoms with Crippen LogP contribution in [0.5, 0.6) is 0 Å². The lowest BCUT2D eigenvalue weighted by molar-refractivity contribution is 0.149. The molecule has 2 atom stereocenters. The molecule has 1 aromatic carbocycles. The Morgan fingerprint density at radius 2 is 2.10 bits per heavy atom. The van der Waals surface area contributed by atoms with E-state index in [9.17, 15) is 5.11 Å². The molecule has 2 aromatic rings. The first-order valence-corrected chi connectivity index (χ1v) is 7.28. The van der Waals surface area contributed by atoms with Gasteiger partial charge in [-0.1, -0.05) is 24.3 Å². The average Bonchev–Trinajstić information content (AvgIpc) is 2.48. The first-order valence-electron chi connectivity index (χ1n) is 7.28. The second-order valence-electron chi connectivity index (χ2n) is 5.62. The molecule has 1 N–H and O–H groups in total. The molecule has 0 aliphatic heterocycles. The molecule has 3 nitrogen and oxygen atoms in total. The zero-order valence-corrected chi connectivity index (χ0v) is 11.8. The van der Waals surface area contributed by atoms with E-state index in [-0.39, 0.29) is 0 Å². The number of aromatic nitrogens is 2. The van der Waals surface area contributed by atoms with Crippen LogP contribution in [0.15, 0.2) is 36.7 Å². The molecule has 1 aromatic heterocycles. The molecule has 0 fully saturated rings. The normalized spacial score (nSPS) is 19.4. The quantitative estimate of drug-likeness (QED) is 0.928. The van der Waals surface area contributed by atoms with Crippen LogP contribution in [0, 0.1) is 6.92 Å². The second-order valence-corrected chi connectivity index (χ2v) is 5.62. The lowest BCUT2D eigenvalue weighted by atomic mass is 9.80. The summed E-state index contributed by atoms with van der Waals surface area (Å²) in [6.07, 6.45) is 7.12. The van der Waals surface area contributed by atoms with E-state index in [4.69, 9.17) is 0 Å². The van der Waals surface area contributed by atoms with Crippen molar-refractivity contribution in [3.05, 3.63) is 59.2 Å². The minimum atomic E-state index is -0.528. The highest BCUT2D eigenvalue weighted by Crippen LogP contribution is 2.37. The predicted molar refractivity (Wildman–Crippen MR) is 78.5 cm³/mol. The number of fused-ring (bicyclic) bond motifs is 1. The van der Waals surface area contributed by atoms with Crippen LogP contribution in [0.3, 0.4) is 0 Å². The van der Waals surface area contributed by atoms with Gasteiger partial charge in [0.2, 0.25) is 0 Å². The van der Waals surface area contributed by atoms with Gasteiger partial charge in [-0.2, -0.15) is 0 Å². The Kier molecular flexibility index (Phi) is 3.79. The monoisotopic (exact) mass is 268 g/mol. The number of hydrogen-bond acceptors (Lipinski definition) is 3. The van der Waals surface area contributed by atoms with Gasteiger partial charge < -0.3 is 5.11 Å². The SMILES string of the molecule is Cc1cnc(C(O)CC2CCCc3ccccc32)cn1. The van der Waals surface area contributed by atoms with Crippen LogP contribution in [0.4, 0.5) is 0 Å². The highest BCUT2D eigenvalue weighted by molar-refractivity contribution is 5.32. The fourth-order valence-corrected chi connectivity index (χ4v) is 3.06. The van der Waals surface area contributed by atoms with Crippen LogP contribution in [0.25, 0.3) is 0 Å². The van der Waals surface area contributed by atoms with E-state index in [1.54, 1.807) is 12.4 Å². The minimum Gasteiger partial charge on any atom is -0.387 e. The molecule has 0 radical (unpaired) electrons. The lowest BCUT2D eigenvalue weighted by Gasteiger charge is -2.27. The summed E-state index contributed by atoms with van der Waals surface area (Å²) in [5, 5.41) is 10.4. The fourth-order valence-electron chi connectivity index (χ4n) is 3.06. The average molecular weight is 268 g/mol. The highest BCUT2D eigenvalue weighted by Gasteiger charge is 2.23. The molecule has 1 aliphatic rings. The lowest BCUT2D eigenvalue weighted by Crippen LogP contribution is -2.13. The van der Waals surface area contributed by atoms with E-state index in [2.05, 4.69) is 34.2 Å². The Bertz CT molecular complexity index is 580. The molecule has 3 heteroatoms. The topological polar surface area (TPSA) is 46.0 Å². The van der Waals surface area contributed by atoms with Gasteiger partial charge >= 0.3 is 0 Å². The molecule has 0 bridgehead atoms. The summed E-state index contributed by atoms with van der Waals surface area (Å²) < 4.78 is 0. The van der Waals surface area contributed by atoms with Crippen LogP contribution in [-0.4, -0.2) is 15.1 Å². The molecular formula is C17H20N2O. The summed E-state index contributed by atoms with van der Waals surface area (Å²) in [7, 11) is 0. The maximum Gasteiger partial charge on any atom is 0.0981 e. The molecule has 0 spiro atoms. The van der Waals surface area contributed by atoms with Gasteiger partial charge in [0.25, 0.3) is 0 Å². The third-order valence-corrected chi connectivity index (χ3v) is 4.14. The Morgan fingerprint density at radius 3 is 2.90 bits per heavy atom. The van der Waals surface area contributed by atoms with Crippen molar-refractivity contribution in [2.45, 2.75) is 44.6 Å². The van der Waals surface area contributed by atoms with Gasteiger partial charge in [0.15, 0.2) is 0 Å². The van der Waals surface area contributed by atoms with Crippen LogP contribution in [-0.2, 0) is 6.42 Å². The molecule has 1 heterocycles. The van der Waals surface area contributed by atoms with Gasteiger partial charge in [0.1, 0.15) is 0 Å². The zero-order valence-electron chi connectivity index (χ0n) is 11.8. The maximum atomic E-state index is 10.4. The van der Waals surface area contributed by atoms with E-state index in [1.807, 2.05) is 6.92 Å². The third-order valence-electron chi connectivity index (χ3n) is 4.14. The van der Waals surface area contributed by atoms with Gasteiger partial charge in [0.05, 0.1) is 23.7 Å². The number of rotatable bonds is 3. The summed E-state index contributed by atoms with van der Waals surface area (Å²) in [5.41, 5.74) is 4.39. The highest BCUT2D eigenvalue weighted by atomic mass is 16.3. The zero-order chi connectivity index (χ0) is 13.9. The van der Waals surface area contributed by atoms with Gasteiger partial charge in [-0.3, -0.25) is 9.97 Å². The second kappa shape index (κ2) is 5.71. The first-order chi connectivity index (χ1) is 9.74. The number of aryl methyl sites for hydroxylation is 2. The summed E-state index contributed by atoms with van der Waals surface area (Å²) >= 11 is 0. The van der Waals surface area contributed by atoms with Gasteiger partial charge in [0, 0.05) is 6.20 Å². The van der Waals surface area contributed by atoms with E-state index in [0.29, 0.717) is 11.6 Å². The summed E-state index contributed by atoms with van der Waals surface area (Å²) in [4.78, 5) is 8.50. The smallest absolute Gasteiger partial charge is 0.0981 e. The Morgan fingerprint density at radius 1 is 1.25 bits per heavy atom. The molecule has 0 saturated heterocycles. The molecule has 1 aliphatic carbocycles. The number of benzene rings is 1. The Labute approximate surface area is 119 Å². The van der Waals surface area contributed by atoms with Gasteiger partial charge in [-0.25, -0.2) is 0 Å². The van der Waals surface area contributed by atoms with Gasteiger partial charge in [-0.05, 0) is 49.7 Å². The van der Waals surface area contributed by atoms with Gasteiger partial charge in [-0.15, -0.1) is 0 Å². The fraction of sp³-hybridized carbons (Fsp3) is 0.412. The Balaban J connectivity index is 1.77. The molecule has 0 saturated carbocycles. The standard InChI is InChI=1S/C17H20N2O/c1-12-10-19-16(11-18-12)17(20)9-14-7-4-6-13-5-2-3-8-15(13)14/h2-3,5,8,10-11,14,17,20H,4,6-7,9H2,1H3. The number of aliphatic hydroxyl groups is 1. The van der Waals surface area contributed by atoms with E-state index in [1.165, 1.54) is 17.5 Å². The van der Waals surface area contributed by atoms with Crippen molar-refractivity contribution in [3.63, 3.8) is 0 Å². The van der Waals surface area contributed by atoms with Crippen molar-refractivity contribution in [1.82, 2.24) is 9.97 Å². The molecule has 104 valence electrons. The van der Waals surface area contributed by atoms with Crippen LogP contribution < -0.4 is 0 Å². The minimum absolute atomic E-state index is 0.429. The van der Waals surface area contributed by atoms with Crippen LogP contribution >= 0.6 is 0 Å². The van der Waals surface area contributed by atoms with Crippen molar-refractivity contribution < 1.29 is 5.11 Å². The predicted octanol–water partition coefficient (Wildman–Crippen LogP) is 3.33. The van der Waals surface area contributed by atoms with E-state index < -0.39 is 6.10 Å². The molecule has 2 unspecified atom stereocenters. The summed E-state index contributed by atoms with van der Waals surface area (Å²) in [5.74, 6) is 0.429. The van der Waals surface area contributed by atoms with Crippen molar-refractivity contribution >= 4 is 0 Å². The maximum absolute atomic E-state index is 10.4. The third kappa shape index (κ3) is 2.73. The van der Waals surface area contributed by atoms with Crippen LogP contribution in [0.2, 0.25) is 0 Å². The number of aliphatic hydroxyl groups excluding tert-OH is 1. The van der Waals surface area contributed by atoms with Crippen molar-refractivity contribution in [3.8, 4) is 0 Å². The molecular weight excluding hydrogens is 248 g/mol. The van der Waals surface area contributed by atoms with Crippen molar-refractivity contribution in [1.29, 1.82) is 0 Å². The largest absolute Gasteiger partial charge is 0.387 e. The number of hydrogen-bond donors (Lipinski definition) is 1. The van der Waals surface area contributed by atoms with E-state index >= 15 is 0 Å². The summed E-state index contributed by atoms with van der Waals surface area (Å²) in [6, 6.07) is 8.60. The van der Waals surface area contributed by atoms with Crippen LogP contribution in [0.1, 0.15) is 53.8 Å². The number of nitrogens with zero attached hydrogens (tertiary/aromatic N) is 2. The van der Waals surface area contributed by atoms with Crippen molar-refractivity contribution in [2.75, 3.05) is 0 Å². The first kappa shape index (κ1) is 13.3. The van der Waals surface area contributed by atoms with E-state index in [0.717, 1.165) is 25.0 Å². The summed E-state index contributed by atoms with van der Waals surface area (Å²) in [6.45, 7) is 1.90. The molecule has 20 heavy (non-hydrogen) atoms. The molecule has 0 amide bonds. The van der Waals surface area contributed by atoms with Crippen molar-refractivity contribution in [2.24, 2.45) is 0 Å². The Hall–Kier alpha value is -1.74.